The van der Waals surface area contributed by atoms with Gasteiger partial charge in [0.1, 0.15) is 0 Å². The van der Waals surface area contributed by atoms with Crippen LogP contribution in [-0.2, 0) is 20.1 Å². The number of benzene rings is 1. The predicted octanol–water partition coefficient (Wildman–Crippen LogP) is 2.83. The lowest BCUT2D eigenvalue weighted by Crippen LogP contribution is -2.75. The minimum absolute atomic E-state index is 0.00292. The number of nitriles is 1. The molecule has 1 saturated carbocycles. The van der Waals surface area contributed by atoms with Crippen molar-refractivity contribution in [1.29, 1.82) is 5.26 Å². The predicted molar refractivity (Wildman–Crippen MR) is 164 cm³/mol. The molecule has 1 aromatic rings. The zero-order valence-corrected chi connectivity index (χ0v) is 25.8. The van der Waals surface area contributed by atoms with Crippen LogP contribution in [0.1, 0.15) is 48.6 Å². The zero-order chi connectivity index (χ0) is 29.4. The Labute approximate surface area is 257 Å². The minimum atomic E-state index is -0.694. The maximum atomic E-state index is 14.6. The fraction of sp³-hybridized carbons (Fsp3) is 0.645. The highest BCUT2D eigenvalue weighted by molar-refractivity contribution is 8.00. The van der Waals surface area contributed by atoms with E-state index in [0.29, 0.717) is 38.7 Å². The Morgan fingerprint density at radius 2 is 2.10 bits per heavy atom. The van der Waals surface area contributed by atoms with Crippen molar-refractivity contribution in [2.75, 3.05) is 39.8 Å². The maximum Gasteiger partial charge on any atom is 0.246 e. The van der Waals surface area contributed by atoms with Crippen LogP contribution in [0.2, 0.25) is 0 Å². The van der Waals surface area contributed by atoms with E-state index in [9.17, 15) is 14.9 Å². The summed E-state index contributed by atoms with van der Waals surface area (Å²) in [6.07, 6.45) is 4.72. The average molecular weight is 613 g/mol. The molecule has 0 radical (unpaired) electrons. The lowest BCUT2D eigenvalue weighted by atomic mass is 9.71. The highest BCUT2D eigenvalue weighted by atomic mass is 35.5. The number of rotatable bonds is 6. The highest BCUT2D eigenvalue weighted by Gasteiger charge is 2.58. The number of ether oxygens (including phenoxy) is 1. The summed E-state index contributed by atoms with van der Waals surface area (Å²) in [6, 6.07) is 10.2. The number of nitrogens with one attached hydrogen (secondary N) is 2. The molecule has 1 aromatic carbocycles. The van der Waals surface area contributed by atoms with Crippen LogP contribution in [0.15, 0.2) is 36.9 Å². The molecule has 8 atom stereocenters. The molecular formula is C31H41ClN6O3S. The van der Waals surface area contributed by atoms with E-state index in [2.05, 4.69) is 52.3 Å². The first-order valence-corrected chi connectivity index (χ1v) is 16.6. The van der Waals surface area contributed by atoms with Gasteiger partial charge in [-0.2, -0.15) is 5.26 Å². The largest absolute Gasteiger partial charge is 0.348 e. The number of hydrogen-bond acceptors (Lipinski definition) is 9. The summed E-state index contributed by atoms with van der Waals surface area (Å²) in [6.45, 7) is 6.99. The standard InChI is InChI=1S/C31H41ClN6O3S/c1-3-25(39)38-16-15-37(17-21(38)11-13-33)29-24-10-12-31(27(32)23-9-5-4-7-20(23)19-42-31)28(40)26(24)34-30(35-29)41-18-22-8-6-14-36(22)2/h3-5,7,9,21-22,24,26-27,29-30,34-35H,1,6,8,10-12,14-19H2,2H3/t21?,22?,24?,26?,27?,29?,30?,31-/m0/s1. The van der Waals surface area contributed by atoms with Crippen molar-refractivity contribution >= 4 is 35.1 Å². The van der Waals surface area contributed by atoms with Crippen LogP contribution in [0.5, 0.6) is 0 Å². The van der Waals surface area contributed by atoms with Crippen molar-refractivity contribution in [1.82, 2.24) is 25.3 Å². The molecule has 226 valence electrons. The number of fused-ring (bicyclic) bond motifs is 2. The van der Waals surface area contributed by atoms with E-state index < -0.39 is 22.5 Å². The zero-order valence-electron chi connectivity index (χ0n) is 24.2. The molecule has 4 aliphatic heterocycles. The summed E-state index contributed by atoms with van der Waals surface area (Å²) >= 11 is 8.89. The molecule has 0 bridgehead atoms. The number of hydrogen-bond donors (Lipinski definition) is 2. The first-order chi connectivity index (χ1) is 20.4. The van der Waals surface area contributed by atoms with Crippen molar-refractivity contribution in [2.45, 2.75) is 78.6 Å². The normalized spacial score (nSPS) is 37.2. The van der Waals surface area contributed by atoms with Crippen LogP contribution in [-0.4, -0.2) is 102 Å². The summed E-state index contributed by atoms with van der Waals surface area (Å²) in [4.78, 5) is 33.6. The third-order valence-electron chi connectivity index (χ3n) is 10.1. The first-order valence-electron chi connectivity index (χ1n) is 15.1. The van der Waals surface area contributed by atoms with Gasteiger partial charge in [0.05, 0.1) is 47.5 Å². The second-order valence-corrected chi connectivity index (χ2v) is 14.0. The van der Waals surface area contributed by atoms with Crippen LogP contribution >= 0.6 is 23.4 Å². The Balaban J connectivity index is 1.26. The van der Waals surface area contributed by atoms with Gasteiger partial charge in [0.25, 0.3) is 0 Å². The second-order valence-electron chi connectivity index (χ2n) is 12.3. The van der Waals surface area contributed by atoms with Crippen molar-refractivity contribution in [3.05, 3.63) is 48.0 Å². The Morgan fingerprint density at radius 3 is 2.86 bits per heavy atom. The van der Waals surface area contributed by atoms with Gasteiger partial charge in [0.2, 0.25) is 5.91 Å². The second kappa shape index (κ2) is 12.6. The summed E-state index contributed by atoms with van der Waals surface area (Å²) in [5, 5.41) is 16.4. The number of ketones is 1. The number of amides is 1. The minimum Gasteiger partial charge on any atom is -0.348 e. The highest BCUT2D eigenvalue weighted by Crippen LogP contribution is 2.56. The van der Waals surface area contributed by atoms with Crippen LogP contribution in [0, 0.1) is 17.2 Å². The van der Waals surface area contributed by atoms with Gasteiger partial charge in [-0.25, -0.2) is 0 Å². The molecule has 2 N–H and O–H groups in total. The molecule has 5 aliphatic rings. The van der Waals surface area contributed by atoms with Crippen molar-refractivity contribution in [3.8, 4) is 6.07 Å². The Morgan fingerprint density at radius 1 is 1.26 bits per heavy atom. The van der Waals surface area contributed by atoms with Crippen LogP contribution in [0.4, 0.5) is 0 Å². The third-order valence-corrected chi connectivity index (χ3v) is 12.4. The molecule has 11 heteroatoms. The fourth-order valence-electron chi connectivity index (χ4n) is 7.69. The Kier molecular flexibility index (Phi) is 9.00. The maximum absolute atomic E-state index is 14.6. The lowest BCUT2D eigenvalue weighted by molar-refractivity contribution is -0.145. The van der Waals surface area contributed by atoms with E-state index in [1.165, 1.54) is 11.6 Å². The van der Waals surface area contributed by atoms with Gasteiger partial charge in [-0.1, -0.05) is 30.8 Å². The molecule has 42 heavy (non-hydrogen) atoms. The fourth-order valence-corrected chi connectivity index (χ4v) is 9.78. The van der Waals surface area contributed by atoms with Crippen LogP contribution in [0.3, 0.4) is 0 Å². The topological polar surface area (TPSA) is 101 Å². The van der Waals surface area contributed by atoms with E-state index in [0.717, 1.165) is 37.1 Å². The summed E-state index contributed by atoms with van der Waals surface area (Å²) < 4.78 is 5.76. The van der Waals surface area contributed by atoms with Gasteiger partial charge in [0, 0.05) is 37.3 Å². The summed E-state index contributed by atoms with van der Waals surface area (Å²) in [5.41, 5.74) is 2.27. The molecule has 4 fully saturated rings. The summed E-state index contributed by atoms with van der Waals surface area (Å²) in [5.74, 6) is 0.784. The molecule has 3 saturated heterocycles. The summed E-state index contributed by atoms with van der Waals surface area (Å²) in [7, 11) is 2.13. The smallest absolute Gasteiger partial charge is 0.246 e. The van der Waals surface area contributed by atoms with Crippen LogP contribution < -0.4 is 10.6 Å². The van der Waals surface area contributed by atoms with Crippen LogP contribution in [0.25, 0.3) is 0 Å². The number of piperazine rings is 1. The molecule has 9 nitrogen and oxygen atoms in total. The van der Waals surface area contributed by atoms with Crippen molar-refractivity contribution < 1.29 is 14.3 Å². The number of alkyl halides is 1. The van der Waals surface area contributed by atoms with Gasteiger partial charge in [-0.15, -0.1) is 23.4 Å². The number of carbonyl (C=O) groups excluding carboxylic acids is 2. The Hall–Kier alpha value is -1.97. The first kappa shape index (κ1) is 30.1. The average Bonchev–Trinajstić information content (AvgIpc) is 3.43. The van der Waals surface area contributed by atoms with Crippen molar-refractivity contribution in [3.63, 3.8) is 0 Å². The van der Waals surface area contributed by atoms with E-state index >= 15 is 0 Å². The van der Waals surface area contributed by atoms with E-state index in [-0.39, 0.29) is 36.2 Å². The molecule has 6 rings (SSSR count). The Bertz CT molecular complexity index is 1250. The number of thioether (sulfide) groups is 1. The third kappa shape index (κ3) is 5.43. The molecule has 7 unspecified atom stereocenters. The van der Waals surface area contributed by atoms with Gasteiger partial charge in [-0.05, 0) is 56.5 Å². The number of nitrogens with zero attached hydrogens (tertiary/aromatic N) is 4. The number of Topliss-reactive ketones (excluding diaryl/α,β-unsaturated/α-hetero) is 1. The van der Waals surface area contributed by atoms with Gasteiger partial charge < -0.3 is 14.5 Å². The van der Waals surface area contributed by atoms with Gasteiger partial charge in [-0.3, -0.25) is 25.1 Å². The monoisotopic (exact) mass is 612 g/mol. The number of likely N-dealkylation sites (N-methyl/N-ethyl adjacent to an activating group) is 1. The molecule has 1 amide bonds. The molecule has 1 spiro atoms. The quantitative estimate of drug-likeness (QED) is 0.371. The molecule has 1 aliphatic carbocycles. The number of halogens is 1. The SMILES string of the molecule is C=CC(=O)N1CCN(C2NC(OCC3CCCN3C)NC3C(=O)[C@@]4(CCC32)SCc2ccccc2C4Cl)CC1CC#N. The van der Waals surface area contributed by atoms with Crippen molar-refractivity contribution in [2.24, 2.45) is 5.92 Å². The lowest BCUT2D eigenvalue weighted by Gasteiger charge is -2.55. The molecule has 0 aromatic heterocycles. The van der Waals surface area contributed by atoms with E-state index in [1.807, 2.05) is 12.1 Å². The molecule has 4 heterocycles. The van der Waals surface area contributed by atoms with E-state index in [4.69, 9.17) is 16.3 Å². The number of carbonyl (C=O) groups is 2. The number of likely N-dealkylation sites (tertiary alicyclic amines) is 1. The van der Waals surface area contributed by atoms with Gasteiger partial charge >= 0.3 is 0 Å². The van der Waals surface area contributed by atoms with E-state index in [1.54, 1.807) is 16.7 Å². The molecular weight excluding hydrogens is 572 g/mol. The van der Waals surface area contributed by atoms with Gasteiger partial charge in [0.15, 0.2) is 12.1 Å².